The summed E-state index contributed by atoms with van der Waals surface area (Å²) < 4.78 is 0. The minimum absolute atomic E-state index is 0.0772. The molecule has 2 aromatic rings. The van der Waals surface area contributed by atoms with E-state index in [-0.39, 0.29) is 12.0 Å². The summed E-state index contributed by atoms with van der Waals surface area (Å²) in [5.74, 6) is 0. The second-order valence-corrected chi connectivity index (χ2v) is 8.33. The van der Waals surface area contributed by atoms with Crippen molar-refractivity contribution >= 4 is 11.3 Å². The molecule has 3 rings (SSSR count). The fraction of sp³-hybridized carbons (Fsp3) is 0.550. The second-order valence-electron chi connectivity index (χ2n) is 7.22. The van der Waals surface area contributed by atoms with Gasteiger partial charge < -0.3 is 10.2 Å². The maximum atomic E-state index is 10.6. The maximum Gasteiger partial charge on any atom is 0.123 e. The molecule has 0 saturated carbocycles. The second kappa shape index (κ2) is 7.96. The molecule has 1 aliphatic heterocycles. The molecule has 0 radical (unpaired) electrons. The molecule has 0 aliphatic carbocycles. The predicted molar refractivity (Wildman–Crippen MR) is 103 cm³/mol. The third-order valence-corrected chi connectivity index (χ3v) is 6.45. The van der Waals surface area contributed by atoms with Gasteiger partial charge in [-0.05, 0) is 31.9 Å². The van der Waals surface area contributed by atoms with Crippen LogP contribution in [0.3, 0.4) is 0 Å². The third-order valence-electron chi connectivity index (χ3n) is 5.44. The molecule has 1 aromatic carbocycles. The fourth-order valence-electron chi connectivity index (χ4n) is 3.81. The zero-order valence-corrected chi connectivity index (χ0v) is 15.9. The Hall–Kier alpha value is -1.27. The number of nitrogens with zero attached hydrogens (tertiary/aromatic N) is 2. The Bertz CT molecular complexity index is 703. The van der Waals surface area contributed by atoms with Gasteiger partial charge in [0.2, 0.25) is 0 Å². The molecule has 2 N–H and O–H groups in total. The SMILES string of the molecule is CCC[C@]1(CO)CCN(Cc2cnc(-c3ccccc3C)s2)C[C@@H]1O. The zero-order chi connectivity index (χ0) is 17.9. The number of rotatable bonds is 6. The Morgan fingerprint density at radius 1 is 1.36 bits per heavy atom. The van der Waals surface area contributed by atoms with Gasteiger partial charge in [-0.25, -0.2) is 4.98 Å². The van der Waals surface area contributed by atoms with Gasteiger partial charge in [-0.3, -0.25) is 4.90 Å². The summed E-state index contributed by atoms with van der Waals surface area (Å²) >= 11 is 1.73. The summed E-state index contributed by atoms with van der Waals surface area (Å²) in [7, 11) is 0. The maximum absolute atomic E-state index is 10.6. The average molecular weight is 361 g/mol. The highest BCUT2D eigenvalue weighted by atomic mass is 32.1. The zero-order valence-electron chi connectivity index (χ0n) is 15.1. The summed E-state index contributed by atoms with van der Waals surface area (Å²) in [5.41, 5.74) is 2.12. The first kappa shape index (κ1) is 18.5. The van der Waals surface area contributed by atoms with E-state index in [2.05, 4.69) is 35.9 Å². The van der Waals surface area contributed by atoms with Gasteiger partial charge in [-0.2, -0.15) is 0 Å². The lowest BCUT2D eigenvalue weighted by Crippen LogP contribution is -2.52. The van der Waals surface area contributed by atoms with Crippen molar-refractivity contribution in [2.75, 3.05) is 19.7 Å². The van der Waals surface area contributed by atoms with Crippen molar-refractivity contribution in [3.63, 3.8) is 0 Å². The molecule has 4 nitrogen and oxygen atoms in total. The lowest BCUT2D eigenvalue weighted by atomic mass is 9.73. The van der Waals surface area contributed by atoms with Crippen molar-refractivity contribution in [3.05, 3.63) is 40.9 Å². The molecule has 1 aromatic heterocycles. The van der Waals surface area contributed by atoms with Gasteiger partial charge in [0.05, 0.1) is 12.7 Å². The van der Waals surface area contributed by atoms with Gasteiger partial charge in [0, 0.05) is 35.1 Å². The molecule has 1 fully saturated rings. The number of aromatic nitrogens is 1. The number of β-amino-alcohol motifs (C(OH)–C–C–N with tert-alkyl or cyclic N) is 1. The van der Waals surface area contributed by atoms with Crippen molar-refractivity contribution < 1.29 is 10.2 Å². The van der Waals surface area contributed by atoms with E-state index in [9.17, 15) is 10.2 Å². The van der Waals surface area contributed by atoms with Crippen LogP contribution in [-0.4, -0.2) is 45.9 Å². The Morgan fingerprint density at radius 2 is 2.16 bits per heavy atom. The molecule has 0 bridgehead atoms. The number of benzene rings is 1. The predicted octanol–water partition coefficient (Wildman–Crippen LogP) is 3.46. The van der Waals surface area contributed by atoms with E-state index < -0.39 is 6.10 Å². The highest BCUT2D eigenvalue weighted by Gasteiger charge is 2.41. The topological polar surface area (TPSA) is 56.6 Å². The van der Waals surface area contributed by atoms with Gasteiger partial charge in [0.1, 0.15) is 5.01 Å². The first-order chi connectivity index (χ1) is 12.1. The van der Waals surface area contributed by atoms with Gasteiger partial charge in [-0.15, -0.1) is 11.3 Å². The normalized spacial score (nSPS) is 24.6. The molecule has 1 aliphatic rings. The largest absolute Gasteiger partial charge is 0.396 e. The summed E-state index contributed by atoms with van der Waals surface area (Å²) in [5, 5.41) is 21.4. The van der Waals surface area contributed by atoms with Crippen LogP contribution in [0.1, 0.15) is 36.6 Å². The molecule has 2 atom stereocenters. The van der Waals surface area contributed by atoms with E-state index in [1.54, 1.807) is 11.3 Å². The molecule has 1 saturated heterocycles. The van der Waals surface area contributed by atoms with E-state index in [1.807, 2.05) is 18.3 Å². The van der Waals surface area contributed by atoms with E-state index >= 15 is 0 Å². The van der Waals surface area contributed by atoms with Crippen LogP contribution in [-0.2, 0) is 6.54 Å². The molecule has 5 heteroatoms. The molecule has 25 heavy (non-hydrogen) atoms. The molecule has 0 unspecified atom stereocenters. The van der Waals surface area contributed by atoms with Gasteiger partial charge in [-0.1, -0.05) is 37.6 Å². The smallest absolute Gasteiger partial charge is 0.123 e. The number of thiazole rings is 1. The van der Waals surface area contributed by atoms with Gasteiger partial charge in [0.15, 0.2) is 0 Å². The molecular formula is C20H28N2O2S. The molecule has 136 valence electrons. The molecular weight excluding hydrogens is 332 g/mol. The summed E-state index contributed by atoms with van der Waals surface area (Å²) in [6, 6.07) is 8.32. The average Bonchev–Trinajstić information content (AvgIpc) is 3.06. The Balaban J connectivity index is 1.66. The van der Waals surface area contributed by atoms with E-state index in [1.165, 1.54) is 16.0 Å². The van der Waals surface area contributed by atoms with Crippen LogP contribution < -0.4 is 0 Å². The van der Waals surface area contributed by atoms with E-state index in [0.29, 0.717) is 6.54 Å². The fourth-order valence-corrected chi connectivity index (χ4v) is 4.86. The quantitative estimate of drug-likeness (QED) is 0.828. The number of hydrogen-bond acceptors (Lipinski definition) is 5. The molecule has 0 amide bonds. The monoisotopic (exact) mass is 360 g/mol. The minimum atomic E-state index is -0.463. The summed E-state index contributed by atoms with van der Waals surface area (Å²) in [4.78, 5) is 8.10. The van der Waals surface area contributed by atoms with Gasteiger partial charge in [0.25, 0.3) is 0 Å². The number of likely N-dealkylation sites (tertiary alicyclic amines) is 1. The minimum Gasteiger partial charge on any atom is -0.396 e. The van der Waals surface area contributed by atoms with E-state index in [0.717, 1.165) is 37.4 Å². The van der Waals surface area contributed by atoms with Crippen LogP contribution in [0, 0.1) is 12.3 Å². The van der Waals surface area contributed by atoms with Crippen molar-refractivity contribution in [2.45, 2.75) is 45.8 Å². The standard InChI is InChI=1S/C20H28N2O2S/c1-3-8-20(14-23)9-10-22(13-18(20)24)12-16-11-21-19(25-16)17-7-5-4-6-15(17)2/h4-7,11,18,23-24H,3,8-10,12-14H2,1-2H3/t18-,20+/m0/s1. The first-order valence-electron chi connectivity index (χ1n) is 9.10. The number of aliphatic hydroxyl groups is 2. The third kappa shape index (κ3) is 3.95. The Kier molecular flexibility index (Phi) is 5.89. The van der Waals surface area contributed by atoms with Crippen LogP contribution >= 0.6 is 11.3 Å². The Labute approximate surface area is 154 Å². The number of hydrogen-bond donors (Lipinski definition) is 2. The lowest BCUT2D eigenvalue weighted by molar-refractivity contribution is -0.0801. The van der Waals surface area contributed by atoms with Crippen molar-refractivity contribution in [1.82, 2.24) is 9.88 Å². The summed E-state index contributed by atoms with van der Waals surface area (Å²) in [6.45, 7) is 6.65. The van der Waals surface area contributed by atoms with Crippen LogP contribution in [0.4, 0.5) is 0 Å². The van der Waals surface area contributed by atoms with Crippen LogP contribution in [0.25, 0.3) is 10.6 Å². The van der Waals surface area contributed by atoms with Crippen LogP contribution in [0.15, 0.2) is 30.5 Å². The lowest BCUT2D eigenvalue weighted by Gasteiger charge is -2.44. The highest BCUT2D eigenvalue weighted by Crippen LogP contribution is 2.37. The van der Waals surface area contributed by atoms with Gasteiger partial charge >= 0.3 is 0 Å². The summed E-state index contributed by atoms with van der Waals surface area (Å²) in [6.07, 6.45) is 4.22. The van der Waals surface area contributed by atoms with Crippen molar-refractivity contribution in [3.8, 4) is 10.6 Å². The molecule has 2 heterocycles. The number of aliphatic hydroxyl groups excluding tert-OH is 2. The Morgan fingerprint density at radius 3 is 2.84 bits per heavy atom. The van der Waals surface area contributed by atoms with Crippen LogP contribution in [0.2, 0.25) is 0 Å². The number of piperidine rings is 1. The first-order valence-corrected chi connectivity index (χ1v) is 9.91. The van der Waals surface area contributed by atoms with Crippen LogP contribution in [0.5, 0.6) is 0 Å². The molecule has 0 spiro atoms. The number of aryl methyl sites for hydroxylation is 1. The van der Waals surface area contributed by atoms with Crippen molar-refractivity contribution in [1.29, 1.82) is 0 Å². The van der Waals surface area contributed by atoms with E-state index in [4.69, 9.17) is 0 Å². The highest BCUT2D eigenvalue weighted by molar-refractivity contribution is 7.15. The van der Waals surface area contributed by atoms with Crippen molar-refractivity contribution in [2.24, 2.45) is 5.41 Å².